The molecule has 0 saturated heterocycles. The van der Waals surface area contributed by atoms with Crippen LogP contribution < -0.4 is 10.0 Å². The van der Waals surface area contributed by atoms with Crippen LogP contribution in [-0.2, 0) is 14.8 Å². The molecule has 0 radical (unpaired) electrons. The number of hydrogen-bond acceptors (Lipinski definition) is 4. The Morgan fingerprint density at radius 3 is 2.55 bits per heavy atom. The molecule has 2 atom stereocenters. The van der Waals surface area contributed by atoms with Gasteiger partial charge in [0.2, 0.25) is 5.91 Å². The zero-order valence-corrected chi connectivity index (χ0v) is 17.2. The maximum atomic E-state index is 13.1. The molecule has 0 bridgehead atoms. The van der Waals surface area contributed by atoms with E-state index in [0.717, 1.165) is 18.4 Å². The number of hydrogen-bond donors (Lipinski definition) is 2. The smallest absolute Gasteiger partial charge is 0.263 e. The Morgan fingerprint density at radius 1 is 1.17 bits per heavy atom. The second-order valence-electron chi connectivity index (χ2n) is 7.02. The zero-order chi connectivity index (χ0) is 21.0. The van der Waals surface area contributed by atoms with Gasteiger partial charge >= 0.3 is 0 Å². The number of benzene rings is 2. The SMILES string of the molecule is CCCCC(N=C1NS(=O)(=O)c2ccccc21)C(=O)NC(C)c1ccc(F)cc1. The molecule has 0 saturated carbocycles. The second kappa shape index (κ2) is 8.73. The Bertz CT molecular complexity index is 1020. The maximum absolute atomic E-state index is 13.1. The van der Waals surface area contributed by atoms with Crippen LogP contribution in [0.3, 0.4) is 0 Å². The Kier molecular flexibility index (Phi) is 6.32. The molecule has 0 aromatic heterocycles. The lowest BCUT2D eigenvalue weighted by atomic mass is 10.1. The first-order valence-corrected chi connectivity index (χ1v) is 11.1. The number of nitrogens with one attached hydrogen (secondary N) is 2. The molecule has 1 heterocycles. The van der Waals surface area contributed by atoms with Crippen molar-refractivity contribution in [3.8, 4) is 0 Å². The number of halogens is 1. The Hall–Kier alpha value is -2.74. The third kappa shape index (κ3) is 4.82. The molecule has 2 unspecified atom stereocenters. The van der Waals surface area contributed by atoms with Crippen molar-refractivity contribution in [1.82, 2.24) is 10.0 Å². The quantitative estimate of drug-likeness (QED) is 0.725. The van der Waals surface area contributed by atoms with Gasteiger partial charge in [0.1, 0.15) is 17.7 Å². The van der Waals surface area contributed by atoms with E-state index >= 15 is 0 Å². The van der Waals surface area contributed by atoms with Crippen molar-refractivity contribution in [2.75, 3.05) is 0 Å². The lowest BCUT2D eigenvalue weighted by Crippen LogP contribution is -2.37. The molecule has 1 amide bonds. The summed E-state index contributed by atoms with van der Waals surface area (Å²) >= 11 is 0. The monoisotopic (exact) mass is 417 g/mol. The fraction of sp³-hybridized carbons (Fsp3) is 0.333. The highest BCUT2D eigenvalue weighted by Gasteiger charge is 2.32. The summed E-state index contributed by atoms with van der Waals surface area (Å²) in [6, 6.07) is 11.4. The number of carbonyl (C=O) groups is 1. The Morgan fingerprint density at radius 2 is 1.86 bits per heavy atom. The molecule has 154 valence electrons. The van der Waals surface area contributed by atoms with Gasteiger partial charge in [-0.1, -0.05) is 44.0 Å². The standard InChI is InChI=1S/C21H24FN3O3S/c1-3-4-8-18(21(26)23-14(2)15-10-12-16(22)13-11-15)24-20-17-7-5-6-9-19(17)29(27,28)25-20/h5-7,9-14,18H,3-4,8H2,1-2H3,(H,23,26)(H,24,25). The number of aliphatic imine (C=N–C) groups is 1. The fourth-order valence-electron chi connectivity index (χ4n) is 3.18. The van der Waals surface area contributed by atoms with Gasteiger partial charge in [-0.2, -0.15) is 0 Å². The first-order chi connectivity index (χ1) is 13.8. The number of sulfonamides is 1. The average molecular weight is 418 g/mol. The van der Waals surface area contributed by atoms with E-state index in [1.807, 2.05) is 13.8 Å². The molecule has 29 heavy (non-hydrogen) atoms. The van der Waals surface area contributed by atoms with Crippen LogP contribution in [0.25, 0.3) is 0 Å². The van der Waals surface area contributed by atoms with Crippen LogP contribution in [-0.4, -0.2) is 26.2 Å². The van der Waals surface area contributed by atoms with Crippen LogP contribution in [0.4, 0.5) is 4.39 Å². The van der Waals surface area contributed by atoms with Crippen molar-refractivity contribution in [2.45, 2.75) is 50.1 Å². The second-order valence-corrected chi connectivity index (χ2v) is 8.67. The summed E-state index contributed by atoms with van der Waals surface area (Å²) < 4.78 is 40.2. The van der Waals surface area contributed by atoms with Gasteiger partial charge in [0.05, 0.1) is 10.9 Å². The van der Waals surface area contributed by atoms with Crippen molar-refractivity contribution in [3.63, 3.8) is 0 Å². The number of unbranched alkanes of at least 4 members (excludes halogenated alkanes) is 1. The van der Waals surface area contributed by atoms with Crippen LogP contribution in [0, 0.1) is 5.82 Å². The highest BCUT2D eigenvalue weighted by Crippen LogP contribution is 2.23. The zero-order valence-electron chi connectivity index (χ0n) is 16.4. The molecule has 2 aromatic carbocycles. The molecular formula is C21H24FN3O3S. The fourth-order valence-corrected chi connectivity index (χ4v) is 4.42. The molecule has 1 aliphatic rings. The maximum Gasteiger partial charge on any atom is 0.263 e. The minimum atomic E-state index is -3.66. The van der Waals surface area contributed by atoms with Crippen LogP contribution >= 0.6 is 0 Å². The van der Waals surface area contributed by atoms with Crippen molar-refractivity contribution in [3.05, 3.63) is 65.5 Å². The molecule has 0 aliphatic carbocycles. The predicted octanol–water partition coefficient (Wildman–Crippen LogP) is 3.30. The van der Waals surface area contributed by atoms with Gasteiger partial charge in [-0.3, -0.25) is 14.5 Å². The van der Waals surface area contributed by atoms with Gasteiger partial charge in [-0.05, 0) is 43.2 Å². The van der Waals surface area contributed by atoms with E-state index in [1.54, 1.807) is 30.3 Å². The largest absolute Gasteiger partial charge is 0.348 e. The van der Waals surface area contributed by atoms with E-state index in [-0.39, 0.29) is 28.5 Å². The van der Waals surface area contributed by atoms with E-state index in [1.165, 1.54) is 18.2 Å². The molecule has 0 spiro atoms. The minimum Gasteiger partial charge on any atom is -0.348 e. The third-order valence-corrected chi connectivity index (χ3v) is 6.21. The molecule has 8 heteroatoms. The lowest BCUT2D eigenvalue weighted by Gasteiger charge is -2.19. The van der Waals surface area contributed by atoms with Crippen LogP contribution in [0.2, 0.25) is 0 Å². The van der Waals surface area contributed by atoms with E-state index in [0.29, 0.717) is 12.0 Å². The minimum absolute atomic E-state index is 0.160. The summed E-state index contributed by atoms with van der Waals surface area (Å²) in [5.41, 5.74) is 1.24. The number of amidine groups is 1. The lowest BCUT2D eigenvalue weighted by molar-refractivity contribution is -0.123. The summed E-state index contributed by atoms with van der Waals surface area (Å²) in [4.78, 5) is 17.5. The summed E-state index contributed by atoms with van der Waals surface area (Å²) in [7, 11) is -3.66. The third-order valence-electron chi connectivity index (χ3n) is 4.81. The molecule has 3 rings (SSSR count). The van der Waals surface area contributed by atoms with Gasteiger partial charge < -0.3 is 5.32 Å². The molecule has 0 fully saturated rings. The van der Waals surface area contributed by atoms with Crippen LogP contribution in [0.5, 0.6) is 0 Å². The van der Waals surface area contributed by atoms with Crippen molar-refractivity contribution < 1.29 is 17.6 Å². The molecular weight excluding hydrogens is 393 g/mol. The van der Waals surface area contributed by atoms with E-state index in [4.69, 9.17) is 0 Å². The van der Waals surface area contributed by atoms with Crippen LogP contribution in [0.15, 0.2) is 58.4 Å². The highest BCUT2D eigenvalue weighted by molar-refractivity contribution is 7.90. The Labute approximate surface area is 170 Å². The van der Waals surface area contributed by atoms with Gasteiger partial charge in [-0.25, -0.2) is 12.8 Å². The highest BCUT2D eigenvalue weighted by atomic mass is 32.2. The first kappa shape index (κ1) is 21.0. The van der Waals surface area contributed by atoms with Crippen molar-refractivity contribution in [1.29, 1.82) is 0 Å². The number of carbonyl (C=O) groups excluding carboxylic acids is 1. The molecule has 6 nitrogen and oxygen atoms in total. The normalized spacial score (nSPS) is 18.0. The van der Waals surface area contributed by atoms with Crippen molar-refractivity contribution >= 4 is 21.8 Å². The summed E-state index contributed by atoms with van der Waals surface area (Å²) in [5, 5.41) is 2.90. The average Bonchev–Trinajstić information content (AvgIpc) is 2.96. The number of amides is 1. The summed E-state index contributed by atoms with van der Waals surface area (Å²) in [5.74, 6) is -0.454. The van der Waals surface area contributed by atoms with Gasteiger partial charge in [0.25, 0.3) is 10.0 Å². The summed E-state index contributed by atoms with van der Waals surface area (Å²) in [6.45, 7) is 3.82. The summed E-state index contributed by atoms with van der Waals surface area (Å²) in [6.07, 6.45) is 2.14. The number of rotatable bonds is 7. The molecule has 2 N–H and O–H groups in total. The topological polar surface area (TPSA) is 87.6 Å². The van der Waals surface area contributed by atoms with Gasteiger partial charge in [0.15, 0.2) is 0 Å². The number of nitrogens with zero attached hydrogens (tertiary/aromatic N) is 1. The number of fused-ring (bicyclic) bond motifs is 1. The van der Waals surface area contributed by atoms with Gasteiger partial charge in [-0.15, -0.1) is 0 Å². The molecule has 1 aliphatic heterocycles. The molecule has 2 aromatic rings. The van der Waals surface area contributed by atoms with E-state index in [9.17, 15) is 17.6 Å². The Balaban J connectivity index is 1.83. The van der Waals surface area contributed by atoms with E-state index < -0.39 is 16.1 Å². The van der Waals surface area contributed by atoms with Crippen LogP contribution in [0.1, 0.15) is 50.3 Å². The van der Waals surface area contributed by atoms with E-state index in [2.05, 4.69) is 15.0 Å². The predicted molar refractivity (Wildman–Crippen MR) is 110 cm³/mol. The van der Waals surface area contributed by atoms with Crippen molar-refractivity contribution in [2.24, 2.45) is 4.99 Å². The van der Waals surface area contributed by atoms with Gasteiger partial charge in [0, 0.05) is 5.56 Å². The first-order valence-electron chi connectivity index (χ1n) is 9.57.